The van der Waals surface area contributed by atoms with Crippen molar-refractivity contribution in [3.63, 3.8) is 0 Å². The van der Waals surface area contributed by atoms with E-state index in [1.54, 1.807) is 0 Å². The van der Waals surface area contributed by atoms with E-state index in [-0.39, 0.29) is 0 Å². The van der Waals surface area contributed by atoms with Crippen LogP contribution in [0.15, 0.2) is 72.8 Å². The summed E-state index contributed by atoms with van der Waals surface area (Å²) in [6, 6.07) is 22.7. The van der Waals surface area contributed by atoms with E-state index in [4.69, 9.17) is 0 Å². The van der Waals surface area contributed by atoms with Crippen molar-refractivity contribution in [2.75, 3.05) is 0 Å². The predicted octanol–water partition coefficient (Wildman–Crippen LogP) is 8.55. The average Bonchev–Trinajstić information content (AvgIpc) is 3.38. The zero-order valence-electron chi connectivity index (χ0n) is 18.4. The fraction of sp³-hybridized carbons (Fsp3) is 0.267. The number of benzene rings is 3. The molecule has 0 spiro atoms. The Hall–Kier alpha value is -2.86. The predicted molar refractivity (Wildman–Crippen MR) is 131 cm³/mol. The number of allylic oxidation sites excluding steroid dienone is 2. The summed E-state index contributed by atoms with van der Waals surface area (Å²) in [5.41, 5.74) is 11.0. The molecule has 3 aromatic carbocycles. The zero-order chi connectivity index (χ0) is 20.8. The van der Waals surface area contributed by atoms with Crippen LogP contribution in [-0.2, 0) is 0 Å². The normalized spacial score (nSPS) is 19.0. The maximum Gasteiger partial charge on any atom is 0.00504 e. The van der Waals surface area contributed by atoms with Crippen molar-refractivity contribution in [1.29, 1.82) is 0 Å². The summed E-state index contributed by atoms with van der Waals surface area (Å²) >= 11 is 0. The van der Waals surface area contributed by atoms with Gasteiger partial charge >= 0.3 is 0 Å². The van der Waals surface area contributed by atoms with Gasteiger partial charge in [0.1, 0.15) is 0 Å². The highest BCUT2D eigenvalue weighted by Crippen LogP contribution is 2.42. The van der Waals surface area contributed by atoms with Gasteiger partial charge in [-0.3, -0.25) is 0 Å². The molecule has 2 aliphatic carbocycles. The lowest BCUT2D eigenvalue weighted by atomic mass is 9.87. The van der Waals surface area contributed by atoms with E-state index in [2.05, 4.69) is 113 Å². The van der Waals surface area contributed by atoms with Crippen LogP contribution in [0.25, 0.3) is 34.4 Å². The molecule has 0 bridgehead atoms. The third kappa shape index (κ3) is 3.06. The van der Waals surface area contributed by atoms with Gasteiger partial charge in [-0.25, -0.2) is 0 Å². The summed E-state index contributed by atoms with van der Waals surface area (Å²) in [6.45, 7) is 9.23. The smallest absolute Gasteiger partial charge is 0.00504 e. The molecular weight excluding hydrogens is 360 g/mol. The van der Waals surface area contributed by atoms with Gasteiger partial charge < -0.3 is 0 Å². The van der Waals surface area contributed by atoms with Crippen molar-refractivity contribution in [3.05, 3.63) is 95.1 Å². The molecule has 2 aliphatic rings. The van der Waals surface area contributed by atoms with Gasteiger partial charge in [0.2, 0.25) is 0 Å². The van der Waals surface area contributed by atoms with Crippen molar-refractivity contribution < 1.29 is 0 Å². The minimum absolute atomic E-state index is 0.534. The van der Waals surface area contributed by atoms with Gasteiger partial charge in [0.15, 0.2) is 0 Å². The van der Waals surface area contributed by atoms with E-state index in [9.17, 15) is 0 Å². The second kappa shape index (κ2) is 7.43. The minimum atomic E-state index is 0.534. The van der Waals surface area contributed by atoms with E-state index < -0.39 is 0 Å². The molecule has 0 amide bonds. The molecule has 30 heavy (non-hydrogen) atoms. The lowest BCUT2D eigenvalue weighted by molar-refractivity contribution is 0.584. The van der Waals surface area contributed by atoms with Crippen LogP contribution in [0.4, 0.5) is 0 Å². The van der Waals surface area contributed by atoms with Gasteiger partial charge in [-0.15, -0.1) is 0 Å². The summed E-state index contributed by atoms with van der Waals surface area (Å²) in [4.78, 5) is 0. The Morgan fingerprint density at radius 2 is 0.933 bits per heavy atom. The Morgan fingerprint density at radius 3 is 1.30 bits per heavy atom. The van der Waals surface area contributed by atoms with Gasteiger partial charge in [0, 0.05) is 11.8 Å². The lowest BCUT2D eigenvalue weighted by Gasteiger charge is -2.17. The van der Waals surface area contributed by atoms with E-state index in [0.29, 0.717) is 23.7 Å². The minimum Gasteiger partial charge on any atom is -0.0761 e. The first-order valence-electron chi connectivity index (χ1n) is 11.3. The molecule has 0 heteroatoms. The summed E-state index contributed by atoms with van der Waals surface area (Å²) < 4.78 is 0. The van der Waals surface area contributed by atoms with Crippen LogP contribution in [0.2, 0.25) is 0 Å². The van der Waals surface area contributed by atoms with E-state index in [1.807, 2.05) is 0 Å². The quantitative estimate of drug-likeness (QED) is 0.418. The lowest BCUT2D eigenvalue weighted by Crippen LogP contribution is -2.02. The van der Waals surface area contributed by atoms with Crippen molar-refractivity contribution >= 4 is 12.2 Å². The van der Waals surface area contributed by atoms with Crippen LogP contribution in [0.5, 0.6) is 0 Å². The third-order valence-electron chi connectivity index (χ3n) is 6.88. The Labute approximate surface area is 181 Å². The monoisotopic (exact) mass is 390 g/mol. The average molecular weight is 391 g/mol. The van der Waals surface area contributed by atoms with Crippen LogP contribution in [0.1, 0.15) is 61.8 Å². The molecule has 0 saturated heterocycles. The van der Waals surface area contributed by atoms with E-state index in [0.717, 1.165) is 0 Å². The van der Waals surface area contributed by atoms with Gasteiger partial charge in [-0.2, -0.15) is 0 Å². The zero-order valence-corrected chi connectivity index (χ0v) is 18.4. The van der Waals surface area contributed by atoms with Crippen LogP contribution in [0, 0.1) is 11.8 Å². The number of hydrogen-bond donors (Lipinski definition) is 0. The summed E-state index contributed by atoms with van der Waals surface area (Å²) in [7, 11) is 0. The maximum atomic E-state index is 2.37. The maximum absolute atomic E-state index is 2.37. The third-order valence-corrected chi connectivity index (χ3v) is 6.88. The van der Waals surface area contributed by atoms with Crippen LogP contribution in [0.3, 0.4) is 0 Å². The molecule has 0 saturated carbocycles. The van der Waals surface area contributed by atoms with Gasteiger partial charge in [-0.05, 0) is 56.3 Å². The Morgan fingerprint density at radius 1 is 0.533 bits per heavy atom. The molecule has 0 fully saturated rings. The van der Waals surface area contributed by atoms with E-state index in [1.165, 1.54) is 44.5 Å². The van der Waals surface area contributed by atoms with Crippen LogP contribution >= 0.6 is 0 Å². The SMILES string of the molecule is CC(C)C1C=Cc2c(-c3ccc(-c4cccc5c4C=CC5C(C)C)cc3)cccc21. The summed E-state index contributed by atoms with van der Waals surface area (Å²) in [5.74, 6) is 2.32. The largest absolute Gasteiger partial charge is 0.0761 e. The van der Waals surface area contributed by atoms with Crippen LogP contribution < -0.4 is 0 Å². The highest BCUT2D eigenvalue weighted by Gasteiger charge is 2.24. The fourth-order valence-electron chi connectivity index (χ4n) is 5.22. The van der Waals surface area contributed by atoms with Gasteiger partial charge in [0.25, 0.3) is 0 Å². The molecule has 2 unspecified atom stereocenters. The Bertz CT molecular complexity index is 1050. The molecule has 0 heterocycles. The Kier molecular flexibility index (Phi) is 4.74. The highest BCUT2D eigenvalue weighted by molar-refractivity contribution is 5.84. The van der Waals surface area contributed by atoms with Gasteiger partial charge in [0.05, 0.1) is 0 Å². The first-order chi connectivity index (χ1) is 14.5. The molecule has 0 aromatic heterocycles. The standard InChI is InChI=1S/C30H30/c1-19(2)23-15-17-29-25(7-5-9-27(23)29)21-11-13-22(14-12-21)26-8-6-10-28-24(20(3)4)16-18-30(26)28/h5-20,23-24H,1-4H3. The van der Waals surface area contributed by atoms with Gasteiger partial charge in [-0.1, -0.05) is 113 Å². The van der Waals surface area contributed by atoms with Crippen LogP contribution in [-0.4, -0.2) is 0 Å². The first-order valence-corrected chi connectivity index (χ1v) is 11.3. The molecular formula is C30H30. The second-order valence-corrected chi connectivity index (χ2v) is 9.45. The van der Waals surface area contributed by atoms with Crippen molar-refractivity contribution in [1.82, 2.24) is 0 Å². The summed E-state index contributed by atoms with van der Waals surface area (Å²) in [6.07, 6.45) is 9.39. The molecule has 2 atom stereocenters. The highest BCUT2D eigenvalue weighted by atomic mass is 14.3. The molecule has 150 valence electrons. The molecule has 3 aromatic rings. The Balaban J connectivity index is 1.51. The summed E-state index contributed by atoms with van der Waals surface area (Å²) in [5, 5.41) is 0. The topological polar surface area (TPSA) is 0 Å². The van der Waals surface area contributed by atoms with Crippen molar-refractivity contribution in [2.24, 2.45) is 11.8 Å². The molecule has 0 N–H and O–H groups in total. The van der Waals surface area contributed by atoms with E-state index >= 15 is 0 Å². The molecule has 0 nitrogen and oxygen atoms in total. The molecule has 0 aliphatic heterocycles. The fourth-order valence-corrected chi connectivity index (χ4v) is 5.22. The molecule has 5 rings (SSSR count). The second-order valence-electron chi connectivity index (χ2n) is 9.45. The number of fused-ring (bicyclic) bond motifs is 2. The number of rotatable bonds is 4. The van der Waals surface area contributed by atoms with Crippen molar-refractivity contribution in [3.8, 4) is 22.3 Å². The number of hydrogen-bond acceptors (Lipinski definition) is 0. The molecule has 0 radical (unpaired) electrons. The first kappa shape index (κ1) is 19.1. The van der Waals surface area contributed by atoms with Crippen molar-refractivity contribution in [2.45, 2.75) is 39.5 Å².